The lowest BCUT2D eigenvalue weighted by Crippen LogP contribution is -2.19. The highest BCUT2D eigenvalue weighted by atomic mass is 31.2. The Hall–Kier alpha value is -4.71. The summed E-state index contributed by atoms with van der Waals surface area (Å²) in [5.74, 6) is 5.00. The van der Waals surface area contributed by atoms with E-state index in [2.05, 4.69) is 241 Å². The zero-order valence-corrected chi connectivity index (χ0v) is 85.5. The quantitative estimate of drug-likeness (QED) is 0.0274. The molecule has 0 heterocycles. The molecule has 0 aliphatic carbocycles. The van der Waals surface area contributed by atoms with Gasteiger partial charge < -0.3 is 36.2 Å². The fraction of sp³-hybridized carbons (Fsp3) is 0.679. The molecule has 6 aromatic carbocycles. The highest BCUT2D eigenvalue weighted by molar-refractivity contribution is 7.43. The van der Waals surface area contributed by atoms with Gasteiger partial charge in [0, 0.05) is 22.6 Å². The zero-order chi connectivity index (χ0) is 89.6. The Morgan fingerprint density at radius 3 is 0.774 bits per heavy atom. The van der Waals surface area contributed by atoms with Crippen molar-refractivity contribution in [3.63, 3.8) is 0 Å². The van der Waals surface area contributed by atoms with Gasteiger partial charge in [-0.25, -0.2) is 0 Å². The predicted octanol–water partition coefficient (Wildman–Crippen LogP) is 38.2. The van der Waals surface area contributed by atoms with Crippen LogP contribution in [0.5, 0.6) is 34.5 Å². The average Bonchev–Trinajstić information content (AvgIpc) is 0.760. The smallest absolute Gasteiger partial charge is 0.426 e. The molecule has 3 atom stereocenters. The van der Waals surface area contributed by atoms with E-state index in [0.717, 1.165) is 135 Å². The highest BCUT2D eigenvalue weighted by Crippen LogP contribution is 2.54. The van der Waals surface area contributed by atoms with Crippen molar-refractivity contribution >= 4 is 25.8 Å². The molecule has 0 aliphatic heterocycles. The summed E-state index contributed by atoms with van der Waals surface area (Å²) in [6.45, 7) is 46.0. The van der Waals surface area contributed by atoms with E-state index in [9.17, 15) is 0 Å². The van der Waals surface area contributed by atoms with Crippen LogP contribution < -0.4 is 27.1 Å². The molecule has 6 rings (SSSR count). The largest absolute Gasteiger partial charge is 0.530 e. The highest BCUT2D eigenvalue weighted by Gasteiger charge is 2.35. The van der Waals surface area contributed by atoms with Crippen molar-refractivity contribution in [1.82, 2.24) is 0 Å². The molecule has 9 nitrogen and oxygen atoms in total. The Bertz CT molecular complexity index is 3690. The monoisotopic (exact) mass is 1760 g/mol. The predicted molar refractivity (Wildman–Crippen MR) is 539 cm³/mol. The number of unbranched alkanes of at least 4 members (excludes halogenated alkanes) is 39. The van der Waals surface area contributed by atoms with Crippen molar-refractivity contribution < 1.29 is 40.7 Å². The third-order valence-corrected chi connectivity index (χ3v) is 28.3. The van der Waals surface area contributed by atoms with Gasteiger partial charge >= 0.3 is 25.8 Å². The van der Waals surface area contributed by atoms with E-state index in [0.29, 0.717) is 19.8 Å². The maximum absolute atomic E-state index is 7.48. The van der Waals surface area contributed by atoms with E-state index in [4.69, 9.17) is 40.7 Å². The minimum atomic E-state index is -2.00. The second-order valence-electron chi connectivity index (χ2n) is 39.6. The third-order valence-electron chi connectivity index (χ3n) is 25.1. The van der Waals surface area contributed by atoms with Crippen molar-refractivity contribution in [2.24, 2.45) is 0 Å². The van der Waals surface area contributed by atoms with Gasteiger partial charge in [0.15, 0.2) is 0 Å². The molecule has 0 N–H and O–H groups in total. The first-order valence-corrected chi connectivity index (χ1v) is 54.3. The Balaban J connectivity index is 1.49. The van der Waals surface area contributed by atoms with Crippen molar-refractivity contribution in [2.45, 2.75) is 474 Å². The van der Waals surface area contributed by atoms with Crippen LogP contribution in [0.1, 0.15) is 485 Å². The molecule has 0 saturated heterocycles. The summed E-state index contributed by atoms with van der Waals surface area (Å²) in [5, 5.41) is 0. The van der Waals surface area contributed by atoms with E-state index in [1.54, 1.807) is 0 Å². The van der Waals surface area contributed by atoms with E-state index < -0.39 is 25.8 Å². The van der Waals surface area contributed by atoms with Crippen LogP contribution in [-0.4, -0.2) is 19.8 Å². The van der Waals surface area contributed by atoms with Crippen molar-refractivity contribution in [2.75, 3.05) is 19.8 Å². The number of hydrogen-bond acceptors (Lipinski definition) is 9. The molecule has 0 amide bonds. The second-order valence-corrected chi connectivity index (χ2v) is 42.8. The van der Waals surface area contributed by atoms with Gasteiger partial charge in [0.2, 0.25) is 0 Å². The second kappa shape index (κ2) is 62.6. The van der Waals surface area contributed by atoms with Crippen molar-refractivity contribution in [3.8, 4) is 34.5 Å². The number of rotatable bonds is 71. The Morgan fingerprint density at radius 2 is 0.476 bits per heavy atom. The first kappa shape index (κ1) is 108. The summed E-state index contributed by atoms with van der Waals surface area (Å²) in [7, 11) is -5.54. The van der Waals surface area contributed by atoms with Crippen LogP contribution in [0.3, 0.4) is 0 Å². The molecule has 6 aromatic rings. The first-order valence-electron chi connectivity index (χ1n) is 51.0. The normalized spacial score (nSPS) is 12.8. The van der Waals surface area contributed by atoms with Gasteiger partial charge in [0.25, 0.3) is 0 Å². The molecule has 0 aliphatic rings. The summed E-state index contributed by atoms with van der Waals surface area (Å²) in [4.78, 5) is 0. The summed E-state index contributed by atoms with van der Waals surface area (Å²) in [6.07, 6.45) is 59.6. The van der Waals surface area contributed by atoms with Crippen LogP contribution in [0.2, 0.25) is 0 Å². The molecule has 0 fully saturated rings. The average molecular weight is 1760 g/mol. The molecule has 698 valence electrons. The van der Waals surface area contributed by atoms with Crippen LogP contribution in [0, 0.1) is 20.8 Å². The lowest BCUT2D eigenvalue weighted by molar-refractivity contribution is 0.197. The summed E-state index contributed by atoms with van der Waals surface area (Å²) in [6, 6.07) is 40.3. The molecule has 0 aromatic heterocycles. The van der Waals surface area contributed by atoms with E-state index in [1.165, 1.54) is 281 Å². The minimum Gasteiger partial charge on any atom is -0.426 e. The number of benzene rings is 6. The van der Waals surface area contributed by atoms with Gasteiger partial charge in [-0.05, 0) is 194 Å². The van der Waals surface area contributed by atoms with Gasteiger partial charge in [-0.15, -0.1) is 0 Å². The van der Waals surface area contributed by atoms with Crippen LogP contribution in [0.4, 0.5) is 0 Å². The lowest BCUT2D eigenvalue weighted by Gasteiger charge is -2.33. The summed E-state index contributed by atoms with van der Waals surface area (Å²) in [5.41, 5.74) is 13.4. The molecule has 3 unspecified atom stereocenters. The van der Waals surface area contributed by atoms with E-state index in [-0.39, 0.29) is 28.1 Å². The van der Waals surface area contributed by atoms with Crippen LogP contribution in [0.15, 0.2) is 109 Å². The van der Waals surface area contributed by atoms with Crippen molar-refractivity contribution in [3.05, 3.63) is 176 Å². The molecule has 12 heteroatoms. The Morgan fingerprint density at radius 1 is 0.250 bits per heavy atom. The number of aryl methyl sites for hydroxylation is 6. The van der Waals surface area contributed by atoms with Crippen molar-refractivity contribution in [1.29, 1.82) is 0 Å². The topological polar surface area (TPSA) is 83.1 Å². The molecule has 0 radical (unpaired) electrons. The molecular formula is C112H181O9P3. The SMILES string of the molecule is CCCCCCCCCCOP(OCCCCCCCCCC)Oc1cc(C)c(C(CC(C)c2cc(C(C)(C)C)c(OP(Oc3ccccc3CCCCCCCCC)Oc3ccccc3CCCCCCCCC)cc2C)c2cc(C(C)(C)C)c(OP(OCCCCCCCCCC)Oc3ccccc3CCCCCCCCC)cc2C)cc1C(C)(C)C. The zero-order valence-electron chi connectivity index (χ0n) is 82.8. The van der Waals surface area contributed by atoms with Gasteiger partial charge in [-0.2, -0.15) is 0 Å². The number of para-hydroxylation sites is 3. The Labute approximate surface area is 766 Å². The Kier molecular flexibility index (Phi) is 54.5. The van der Waals surface area contributed by atoms with E-state index in [1.807, 2.05) is 0 Å². The lowest BCUT2D eigenvalue weighted by atomic mass is 9.74. The first-order chi connectivity index (χ1) is 59.9. The fourth-order valence-corrected chi connectivity index (χ4v) is 20.5. The van der Waals surface area contributed by atoms with Gasteiger partial charge in [-0.3, -0.25) is 4.52 Å². The molecule has 0 spiro atoms. The van der Waals surface area contributed by atoms with Crippen LogP contribution in [0.25, 0.3) is 0 Å². The minimum absolute atomic E-state index is 0.0712. The molecular weight excluding hydrogens is 1580 g/mol. The summed E-state index contributed by atoms with van der Waals surface area (Å²) >= 11 is 0. The molecule has 0 bridgehead atoms. The molecule has 0 saturated carbocycles. The van der Waals surface area contributed by atoms with Gasteiger partial charge in [0.05, 0.1) is 19.8 Å². The van der Waals surface area contributed by atoms with Crippen LogP contribution in [-0.2, 0) is 49.1 Å². The summed E-state index contributed by atoms with van der Waals surface area (Å²) < 4.78 is 64.4. The molecule has 124 heavy (non-hydrogen) atoms. The van der Waals surface area contributed by atoms with Crippen LogP contribution >= 0.6 is 25.8 Å². The standard InChI is InChI=1S/C112H181O9P3/c1-20-26-32-38-44-50-56-68-80-113-122(114-81-69-57-51-45-39-33-27-21-2)119-107-85-92(9)98(88-102(107)111(14,15)16)100(99-89-103(112(17,18)19)108(86-93(99)10)120-123(115-82-70-58-52-46-40-34-28-22-3)116-104-77-65-62-74-94(104)71-59-53-47-41-35-29-23-4)83-90(7)97-87-101(110(11,12)13)109(84-91(97)8)121-124(117-105-78-66-63-75-95(105)72-60-54-48-42-36-30-24-5)118-106-79-67-64-76-96(106)73-61-55-49-43-37-31-25-6/h62-67,74-79,84-90,100H,20-61,68-73,80-83H2,1-19H3. The van der Waals surface area contributed by atoms with Gasteiger partial charge in [0.1, 0.15) is 34.5 Å². The maximum Gasteiger partial charge on any atom is 0.530 e. The third kappa shape index (κ3) is 42.0. The maximum atomic E-state index is 7.48. The van der Waals surface area contributed by atoms with Gasteiger partial charge in [-0.1, -0.05) is 434 Å². The number of hydrogen-bond donors (Lipinski definition) is 0. The fourth-order valence-electron chi connectivity index (χ4n) is 17.3. The van der Waals surface area contributed by atoms with E-state index >= 15 is 0 Å².